The molecule has 0 bridgehead atoms. The SMILES string of the molecule is COc1cccc(CC(=O)N2CCCC[C@@H]2c2nc(N(C)C)ncc2-c2ccc(F)cc2)c1. The third kappa shape index (κ3) is 5.13. The van der Waals surface area contributed by atoms with Gasteiger partial charge in [0.1, 0.15) is 11.6 Å². The fourth-order valence-corrected chi connectivity index (χ4v) is 4.28. The topological polar surface area (TPSA) is 58.6 Å². The lowest BCUT2D eigenvalue weighted by Crippen LogP contribution is -2.40. The molecule has 6 nitrogen and oxygen atoms in total. The van der Waals surface area contributed by atoms with Gasteiger partial charge in [-0.15, -0.1) is 0 Å². The molecule has 33 heavy (non-hydrogen) atoms. The van der Waals surface area contributed by atoms with Crippen LogP contribution in [-0.4, -0.2) is 48.5 Å². The Labute approximate surface area is 194 Å². The van der Waals surface area contributed by atoms with E-state index in [9.17, 15) is 9.18 Å². The summed E-state index contributed by atoms with van der Waals surface area (Å²) in [4.78, 5) is 26.6. The van der Waals surface area contributed by atoms with Gasteiger partial charge in [0.25, 0.3) is 0 Å². The molecule has 0 radical (unpaired) electrons. The lowest BCUT2D eigenvalue weighted by molar-refractivity contribution is -0.134. The van der Waals surface area contributed by atoms with Gasteiger partial charge in [0.2, 0.25) is 11.9 Å². The number of hydrogen-bond acceptors (Lipinski definition) is 5. The largest absolute Gasteiger partial charge is 0.497 e. The first-order chi connectivity index (χ1) is 16.0. The lowest BCUT2D eigenvalue weighted by Gasteiger charge is -2.36. The molecule has 4 rings (SSSR count). The first-order valence-electron chi connectivity index (χ1n) is 11.2. The highest BCUT2D eigenvalue weighted by Crippen LogP contribution is 2.36. The Morgan fingerprint density at radius 1 is 1.18 bits per heavy atom. The molecule has 0 aliphatic carbocycles. The minimum absolute atomic E-state index is 0.0584. The van der Waals surface area contributed by atoms with Gasteiger partial charge >= 0.3 is 0 Å². The van der Waals surface area contributed by atoms with E-state index in [4.69, 9.17) is 9.72 Å². The molecule has 0 spiro atoms. The molecule has 1 saturated heterocycles. The number of carbonyl (C=O) groups is 1. The number of nitrogens with zero attached hydrogens (tertiary/aromatic N) is 4. The van der Waals surface area contributed by atoms with Crippen LogP contribution in [0.4, 0.5) is 10.3 Å². The molecule has 2 heterocycles. The van der Waals surface area contributed by atoms with E-state index in [-0.39, 0.29) is 17.8 Å². The summed E-state index contributed by atoms with van der Waals surface area (Å²) in [5, 5.41) is 0. The van der Waals surface area contributed by atoms with Crippen LogP contribution in [0.25, 0.3) is 11.1 Å². The number of likely N-dealkylation sites (tertiary alicyclic amines) is 1. The van der Waals surface area contributed by atoms with Crippen molar-refractivity contribution >= 4 is 11.9 Å². The van der Waals surface area contributed by atoms with Gasteiger partial charge < -0.3 is 14.5 Å². The molecule has 1 aliphatic heterocycles. The molecule has 1 aliphatic rings. The Balaban J connectivity index is 1.70. The summed E-state index contributed by atoms with van der Waals surface area (Å²) >= 11 is 0. The van der Waals surface area contributed by atoms with Crippen molar-refractivity contribution in [2.75, 3.05) is 32.6 Å². The maximum Gasteiger partial charge on any atom is 0.227 e. The maximum atomic E-state index is 13.6. The summed E-state index contributed by atoms with van der Waals surface area (Å²) in [6.07, 6.45) is 4.87. The first-order valence-corrected chi connectivity index (χ1v) is 11.2. The lowest BCUT2D eigenvalue weighted by atomic mass is 9.93. The Bertz CT molecular complexity index is 1120. The molecule has 172 valence electrons. The molecule has 1 atom stereocenters. The molecule has 0 saturated carbocycles. The van der Waals surface area contributed by atoms with Gasteiger partial charge in [0.15, 0.2) is 0 Å². The number of halogens is 1. The van der Waals surface area contributed by atoms with Crippen molar-refractivity contribution < 1.29 is 13.9 Å². The predicted molar refractivity (Wildman–Crippen MR) is 127 cm³/mol. The van der Waals surface area contributed by atoms with Gasteiger partial charge in [-0.05, 0) is 54.7 Å². The summed E-state index contributed by atoms with van der Waals surface area (Å²) in [6.45, 7) is 0.678. The van der Waals surface area contributed by atoms with Gasteiger partial charge in [-0.2, -0.15) is 0 Å². The van der Waals surface area contributed by atoms with E-state index in [1.807, 2.05) is 48.2 Å². The number of methoxy groups -OCH3 is 1. The molecule has 7 heteroatoms. The van der Waals surface area contributed by atoms with Gasteiger partial charge in [-0.3, -0.25) is 4.79 Å². The third-order valence-corrected chi connectivity index (χ3v) is 5.99. The van der Waals surface area contributed by atoms with Crippen molar-refractivity contribution in [1.29, 1.82) is 0 Å². The monoisotopic (exact) mass is 448 g/mol. The summed E-state index contributed by atoms with van der Waals surface area (Å²) in [5.41, 5.74) is 3.38. The molecule has 0 N–H and O–H groups in total. The summed E-state index contributed by atoms with van der Waals surface area (Å²) < 4.78 is 18.9. The van der Waals surface area contributed by atoms with E-state index in [1.54, 1.807) is 25.4 Å². The van der Waals surface area contributed by atoms with Crippen LogP contribution in [0.2, 0.25) is 0 Å². The number of carbonyl (C=O) groups excluding carboxylic acids is 1. The average Bonchev–Trinajstić information content (AvgIpc) is 2.84. The van der Waals surface area contributed by atoms with Crippen LogP contribution in [0.15, 0.2) is 54.7 Å². The predicted octanol–water partition coefficient (Wildman–Crippen LogP) is 4.65. The fraction of sp³-hybridized carbons (Fsp3) is 0.346. The summed E-state index contributed by atoms with van der Waals surface area (Å²) in [6, 6.07) is 13.8. The van der Waals surface area contributed by atoms with Crippen molar-refractivity contribution in [3.8, 4) is 16.9 Å². The third-order valence-electron chi connectivity index (χ3n) is 5.99. The zero-order chi connectivity index (χ0) is 23.4. The van der Waals surface area contributed by atoms with Crippen molar-refractivity contribution in [2.24, 2.45) is 0 Å². The van der Waals surface area contributed by atoms with E-state index in [0.29, 0.717) is 18.9 Å². The van der Waals surface area contributed by atoms with Crippen molar-refractivity contribution in [1.82, 2.24) is 14.9 Å². The standard InChI is InChI=1S/C26H29FN4O2/c1-30(2)26-28-17-22(19-10-12-20(27)13-11-19)25(29-26)23-9-4-5-14-31(23)24(32)16-18-7-6-8-21(15-18)33-3/h6-8,10-13,15,17,23H,4-5,9,14,16H2,1-3H3/t23-/m1/s1. The quantitative estimate of drug-likeness (QED) is 0.549. The van der Waals surface area contributed by atoms with Crippen LogP contribution in [0.5, 0.6) is 5.75 Å². The molecular weight excluding hydrogens is 419 g/mol. The maximum absolute atomic E-state index is 13.6. The number of piperidine rings is 1. The summed E-state index contributed by atoms with van der Waals surface area (Å²) in [7, 11) is 5.41. The minimum atomic E-state index is -0.293. The van der Waals surface area contributed by atoms with E-state index in [1.165, 1.54) is 12.1 Å². The van der Waals surface area contributed by atoms with Gasteiger partial charge in [0, 0.05) is 32.4 Å². The van der Waals surface area contributed by atoms with Gasteiger partial charge in [-0.1, -0.05) is 24.3 Å². The van der Waals surface area contributed by atoms with Crippen LogP contribution in [-0.2, 0) is 11.2 Å². The Morgan fingerprint density at radius 2 is 1.97 bits per heavy atom. The molecular formula is C26H29FN4O2. The van der Waals surface area contributed by atoms with Crippen LogP contribution in [0.3, 0.4) is 0 Å². The number of amides is 1. The Kier molecular flexibility index (Phi) is 6.87. The number of rotatable bonds is 6. The molecule has 0 unspecified atom stereocenters. The Morgan fingerprint density at radius 3 is 2.70 bits per heavy atom. The van der Waals surface area contributed by atoms with Crippen molar-refractivity contribution in [3.63, 3.8) is 0 Å². The number of ether oxygens (including phenoxy) is 1. The molecule has 1 amide bonds. The Hall–Kier alpha value is -3.48. The minimum Gasteiger partial charge on any atom is -0.497 e. The molecule has 2 aromatic carbocycles. The van der Waals surface area contributed by atoms with E-state index >= 15 is 0 Å². The highest BCUT2D eigenvalue weighted by Gasteiger charge is 2.31. The highest BCUT2D eigenvalue weighted by atomic mass is 19.1. The van der Waals surface area contributed by atoms with Crippen LogP contribution < -0.4 is 9.64 Å². The molecule has 1 aromatic heterocycles. The first kappa shape index (κ1) is 22.7. The van der Waals surface area contributed by atoms with Crippen LogP contribution in [0, 0.1) is 5.82 Å². The second-order valence-corrected chi connectivity index (χ2v) is 8.50. The van der Waals surface area contributed by atoms with Crippen molar-refractivity contribution in [2.45, 2.75) is 31.7 Å². The average molecular weight is 449 g/mol. The number of hydrogen-bond donors (Lipinski definition) is 0. The number of anilines is 1. The fourth-order valence-electron chi connectivity index (χ4n) is 4.28. The second kappa shape index (κ2) is 9.98. The highest BCUT2D eigenvalue weighted by molar-refractivity contribution is 5.80. The van der Waals surface area contributed by atoms with Crippen LogP contribution in [0.1, 0.15) is 36.6 Å². The number of benzene rings is 2. The van der Waals surface area contributed by atoms with Gasteiger partial charge in [0.05, 0.1) is 25.3 Å². The van der Waals surface area contributed by atoms with Gasteiger partial charge in [-0.25, -0.2) is 14.4 Å². The smallest absolute Gasteiger partial charge is 0.227 e. The van der Waals surface area contributed by atoms with E-state index < -0.39 is 0 Å². The van der Waals surface area contributed by atoms with E-state index in [0.717, 1.165) is 47.4 Å². The normalized spacial score (nSPS) is 15.9. The molecule has 1 fully saturated rings. The van der Waals surface area contributed by atoms with Crippen LogP contribution >= 0.6 is 0 Å². The zero-order valence-electron chi connectivity index (χ0n) is 19.3. The van der Waals surface area contributed by atoms with E-state index in [2.05, 4.69) is 4.98 Å². The molecule has 3 aromatic rings. The van der Waals surface area contributed by atoms with Crippen molar-refractivity contribution in [3.05, 3.63) is 71.8 Å². The zero-order valence-corrected chi connectivity index (χ0v) is 19.3. The summed E-state index contributed by atoms with van der Waals surface area (Å²) in [5.74, 6) is 1.09. The second-order valence-electron chi connectivity index (χ2n) is 8.50. The number of aromatic nitrogens is 2.